The van der Waals surface area contributed by atoms with Crippen molar-refractivity contribution in [2.24, 2.45) is 11.8 Å². The van der Waals surface area contributed by atoms with Gasteiger partial charge in [0.2, 0.25) is 0 Å². The van der Waals surface area contributed by atoms with E-state index in [4.69, 9.17) is 0 Å². The molecule has 0 radical (unpaired) electrons. The first kappa shape index (κ1) is 16.0. The smallest absolute Gasteiger partial charge is 0.000906 e. The van der Waals surface area contributed by atoms with Crippen molar-refractivity contribution in [3.05, 3.63) is 0 Å². The van der Waals surface area contributed by atoms with Crippen LogP contribution in [-0.2, 0) is 0 Å². The van der Waals surface area contributed by atoms with Gasteiger partial charge in [-0.25, -0.2) is 0 Å². The SMILES string of the molecule is CC(C)C1CCCN(C)C1.CCN1CCCCC1. The molecular formula is C16H34N2. The molecule has 2 aliphatic heterocycles. The zero-order chi connectivity index (χ0) is 13.4. The van der Waals surface area contributed by atoms with Crippen LogP contribution in [0.1, 0.15) is 52.9 Å². The van der Waals surface area contributed by atoms with Crippen LogP contribution in [0.2, 0.25) is 0 Å². The zero-order valence-electron chi connectivity index (χ0n) is 13.1. The Morgan fingerprint density at radius 3 is 2.06 bits per heavy atom. The number of nitrogens with zero attached hydrogens (tertiary/aromatic N) is 2. The molecule has 1 unspecified atom stereocenters. The summed E-state index contributed by atoms with van der Waals surface area (Å²) in [6, 6.07) is 0. The summed E-state index contributed by atoms with van der Waals surface area (Å²) >= 11 is 0. The van der Waals surface area contributed by atoms with Crippen molar-refractivity contribution < 1.29 is 0 Å². The lowest BCUT2D eigenvalue weighted by molar-refractivity contribution is 0.173. The van der Waals surface area contributed by atoms with Crippen molar-refractivity contribution in [2.45, 2.75) is 52.9 Å². The minimum Gasteiger partial charge on any atom is -0.306 e. The van der Waals surface area contributed by atoms with Gasteiger partial charge >= 0.3 is 0 Å². The predicted octanol–water partition coefficient (Wildman–Crippen LogP) is 3.48. The van der Waals surface area contributed by atoms with Gasteiger partial charge in [-0.3, -0.25) is 0 Å². The summed E-state index contributed by atoms with van der Waals surface area (Å²) in [7, 11) is 2.23. The third-order valence-corrected chi connectivity index (χ3v) is 4.50. The molecule has 0 aromatic carbocycles. The van der Waals surface area contributed by atoms with E-state index < -0.39 is 0 Å². The van der Waals surface area contributed by atoms with Crippen molar-refractivity contribution in [2.75, 3.05) is 39.8 Å². The Kier molecular flexibility index (Phi) is 7.92. The van der Waals surface area contributed by atoms with Crippen LogP contribution in [0.5, 0.6) is 0 Å². The second kappa shape index (κ2) is 8.92. The minimum absolute atomic E-state index is 0.878. The molecule has 0 N–H and O–H groups in total. The van der Waals surface area contributed by atoms with Gasteiger partial charge in [-0.2, -0.15) is 0 Å². The number of hydrogen-bond donors (Lipinski definition) is 0. The molecule has 0 aromatic rings. The van der Waals surface area contributed by atoms with Gasteiger partial charge in [0.05, 0.1) is 0 Å². The average Bonchev–Trinajstić information content (AvgIpc) is 2.40. The van der Waals surface area contributed by atoms with Crippen LogP contribution in [0.4, 0.5) is 0 Å². The standard InChI is InChI=1S/C9H19N.C7H15N/c1-8(2)9-5-4-6-10(3)7-9;1-2-8-6-4-3-5-7-8/h8-9H,4-7H2,1-3H3;2-7H2,1H3. The van der Waals surface area contributed by atoms with Gasteiger partial charge in [0.15, 0.2) is 0 Å². The van der Waals surface area contributed by atoms with E-state index in [0.717, 1.165) is 11.8 Å². The van der Waals surface area contributed by atoms with Gasteiger partial charge in [-0.05, 0) is 70.7 Å². The largest absolute Gasteiger partial charge is 0.306 e. The Bertz CT molecular complexity index is 197. The first-order valence-corrected chi connectivity index (χ1v) is 8.04. The first-order chi connectivity index (χ1) is 8.63. The van der Waals surface area contributed by atoms with Crippen molar-refractivity contribution in [3.8, 4) is 0 Å². The maximum Gasteiger partial charge on any atom is 0.000906 e. The van der Waals surface area contributed by atoms with Crippen LogP contribution in [0.3, 0.4) is 0 Å². The average molecular weight is 254 g/mol. The molecule has 108 valence electrons. The summed E-state index contributed by atoms with van der Waals surface area (Å²) in [5, 5.41) is 0. The Morgan fingerprint density at radius 1 is 1.00 bits per heavy atom. The van der Waals surface area contributed by atoms with Crippen LogP contribution in [0.15, 0.2) is 0 Å². The summed E-state index contributed by atoms with van der Waals surface area (Å²) < 4.78 is 0. The third-order valence-electron chi connectivity index (χ3n) is 4.50. The fourth-order valence-corrected chi connectivity index (χ4v) is 3.03. The van der Waals surface area contributed by atoms with Crippen molar-refractivity contribution in [1.82, 2.24) is 9.80 Å². The molecule has 0 aliphatic carbocycles. The lowest BCUT2D eigenvalue weighted by Crippen LogP contribution is -2.34. The summed E-state index contributed by atoms with van der Waals surface area (Å²) in [5.41, 5.74) is 0. The normalized spacial score (nSPS) is 26.8. The van der Waals surface area contributed by atoms with Crippen molar-refractivity contribution in [3.63, 3.8) is 0 Å². The Labute approximate surface area is 115 Å². The van der Waals surface area contributed by atoms with E-state index in [0.29, 0.717) is 0 Å². The number of piperidine rings is 2. The number of rotatable bonds is 2. The van der Waals surface area contributed by atoms with Crippen molar-refractivity contribution in [1.29, 1.82) is 0 Å². The summed E-state index contributed by atoms with van der Waals surface area (Å²) in [6.45, 7) is 13.5. The van der Waals surface area contributed by atoms with Crippen LogP contribution in [0, 0.1) is 11.8 Å². The lowest BCUT2D eigenvalue weighted by Gasteiger charge is -2.31. The predicted molar refractivity (Wildman–Crippen MR) is 81.0 cm³/mol. The molecule has 2 fully saturated rings. The summed E-state index contributed by atoms with van der Waals surface area (Å²) in [6.07, 6.45) is 7.15. The van der Waals surface area contributed by atoms with E-state index >= 15 is 0 Å². The highest BCUT2D eigenvalue weighted by Crippen LogP contribution is 2.21. The maximum atomic E-state index is 2.52. The zero-order valence-corrected chi connectivity index (χ0v) is 13.1. The van der Waals surface area contributed by atoms with E-state index in [1.54, 1.807) is 0 Å². The molecule has 2 heteroatoms. The van der Waals surface area contributed by atoms with E-state index in [-0.39, 0.29) is 0 Å². The second-order valence-electron chi connectivity index (χ2n) is 6.40. The quantitative estimate of drug-likeness (QED) is 0.744. The van der Waals surface area contributed by atoms with Gasteiger partial charge in [0, 0.05) is 6.54 Å². The molecule has 2 saturated heterocycles. The monoisotopic (exact) mass is 254 g/mol. The molecule has 0 spiro atoms. The molecule has 0 amide bonds. The van der Waals surface area contributed by atoms with E-state index in [9.17, 15) is 0 Å². The van der Waals surface area contributed by atoms with Crippen LogP contribution in [0.25, 0.3) is 0 Å². The molecule has 2 heterocycles. The fourth-order valence-electron chi connectivity index (χ4n) is 3.03. The molecule has 2 nitrogen and oxygen atoms in total. The van der Waals surface area contributed by atoms with Gasteiger partial charge in [-0.1, -0.05) is 27.2 Å². The lowest BCUT2D eigenvalue weighted by atomic mass is 9.88. The molecule has 2 aliphatic rings. The van der Waals surface area contributed by atoms with Crippen molar-refractivity contribution >= 4 is 0 Å². The topological polar surface area (TPSA) is 6.48 Å². The van der Waals surface area contributed by atoms with Crippen LogP contribution < -0.4 is 0 Å². The molecule has 0 saturated carbocycles. The molecule has 2 rings (SSSR count). The van der Waals surface area contributed by atoms with E-state index in [1.165, 1.54) is 64.8 Å². The van der Waals surface area contributed by atoms with Crippen LogP contribution >= 0.6 is 0 Å². The molecule has 0 bridgehead atoms. The highest BCUT2D eigenvalue weighted by Gasteiger charge is 2.19. The van der Waals surface area contributed by atoms with Gasteiger partial charge in [0.1, 0.15) is 0 Å². The van der Waals surface area contributed by atoms with E-state index in [2.05, 4.69) is 37.6 Å². The van der Waals surface area contributed by atoms with Gasteiger partial charge in [-0.15, -0.1) is 0 Å². The van der Waals surface area contributed by atoms with Gasteiger partial charge < -0.3 is 9.80 Å². The minimum atomic E-state index is 0.878. The highest BCUT2D eigenvalue weighted by atomic mass is 15.1. The third kappa shape index (κ3) is 6.19. The fraction of sp³-hybridized carbons (Fsp3) is 1.00. The maximum absolute atomic E-state index is 2.52. The Morgan fingerprint density at radius 2 is 1.67 bits per heavy atom. The number of likely N-dealkylation sites (tertiary alicyclic amines) is 2. The molecule has 0 aromatic heterocycles. The summed E-state index contributed by atoms with van der Waals surface area (Å²) in [4.78, 5) is 4.97. The molecular weight excluding hydrogens is 220 g/mol. The number of hydrogen-bond acceptors (Lipinski definition) is 2. The second-order valence-corrected chi connectivity index (χ2v) is 6.40. The Hall–Kier alpha value is -0.0800. The van der Waals surface area contributed by atoms with Gasteiger partial charge in [0.25, 0.3) is 0 Å². The molecule has 18 heavy (non-hydrogen) atoms. The summed E-state index contributed by atoms with van der Waals surface area (Å²) in [5.74, 6) is 1.83. The Balaban J connectivity index is 0.000000184. The highest BCUT2D eigenvalue weighted by molar-refractivity contribution is 4.72. The molecule has 1 atom stereocenters. The van der Waals surface area contributed by atoms with E-state index in [1.807, 2.05) is 0 Å². The van der Waals surface area contributed by atoms with Crippen LogP contribution in [-0.4, -0.2) is 49.6 Å². The first-order valence-electron chi connectivity index (χ1n) is 8.04.